The zero-order chi connectivity index (χ0) is 25.7. The van der Waals surface area contributed by atoms with E-state index in [4.69, 9.17) is 16.5 Å². The van der Waals surface area contributed by atoms with Gasteiger partial charge in [-0.2, -0.15) is 0 Å². The Kier molecular flexibility index (Phi) is 12.0. The van der Waals surface area contributed by atoms with Crippen LogP contribution in [-0.4, -0.2) is 29.0 Å². The molecule has 2 amide bonds. The molecule has 2 heterocycles. The van der Waals surface area contributed by atoms with Crippen LogP contribution in [0.25, 0.3) is 11.1 Å². The van der Waals surface area contributed by atoms with Crippen molar-refractivity contribution in [1.82, 2.24) is 9.88 Å². The van der Waals surface area contributed by atoms with Crippen molar-refractivity contribution in [2.75, 3.05) is 18.4 Å². The van der Waals surface area contributed by atoms with Crippen molar-refractivity contribution in [1.29, 1.82) is 0 Å². The van der Waals surface area contributed by atoms with Crippen molar-refractivity contribution in [3.8, 4) is 11.1 Å². The Balaban J connectivity index is 0.00000253. The third kappa shape index (κ3) is 7.26. The number of rotatable bonds is 7. The summed E-state index contributed by atoms with van der Waals surface area (Å²) >= 11 is 0. The Bertz CT molecular complexity index is 1180. The normalized spacial score (nSPS) is 13.6. The number of hydrogen-bond acceptors (Lipinski definition) is 4. The van der Waals surface area contributed by atoms with Gasteiger partial charge in [-0.1, -0.05) is 68.4 Å². The van der Waals surface area contributed by atoms with Gasteiger partial charge in [-0.25, -0.2) is 4.79 Å². The largest absolute Gasteiger partial charge is 0.326 e. The number of nitrogens with zero attached hydrogens (tertiary/aromatic N) is 2. The van der Waals surface area contributed by atoms with Gasteiger partial charge in [0, 0.05) is 37.4 Å². The lowest BCUT2D eigenvalue weighted by molar-refractivity contribution is 0.194. The highest BCUT2D eigenvalue weighted by Crippen LogP contribution is 2.37. The lowest BCUT2D eigenvalue weighted by Gasteiger charge is -2.33. The molecule has 0 bridgehead atoms. The van der Waals surface area contributed by atoms with Crippen molar-refractivity contribution in [3.05, 3.63) is 82.7 Å². The van der Waals surface area contributed by atoms with E-state index in [0.29, 0.717) is 24.9 Å². The van der Waals surface area contributed by atoms with Gasteiger partial charge in [0.15, 0.2) is 0 Å². The summed E-state index contributed by atoms with van der Waals surface area (Å²) in [5, 5.41) is 3.23. The van der Waals surface area contributed by atoms with Gasteiger partial charge in [-0.05, 0) is 60.3 Å². The van der Waals surface area contributed by atoms with E-state index < -0.39 is 0 Å². The first-order valence-electron chi connectivity index (χ1n) is 13.0. The Labute approximate surface area is 239 Å². The second-order valence-electron chi connectivity index (χ2n) is 10.2. The van der Waals surface area contributed by atoms with Gasteiger partial charge in [0.05, 0.1) is 11.4 Å². The summed E-state index contributed by atoms with van der Waals surface area (Å²) in [5.74, 6) is 0.940. The van der Waals surface area contributed by atoms with E-state index in [2.05, 4.69) is 55.6 Å². The van der Waals surface area contributed by atoms with Gasteiger partial charge in [0.2, 0.25) is 0 Å². The number of piperidine rings is 1. The quantitative estimate of drug-likeness (QED) is 0.311. The third-order valence-electron chi connectivity index (χ3n) is 7.13. The molecule has 4 rings (SSSR count). The Morgan fingerprint density at radius 2 is 1.63 bits per heavy atom. The molecule has 0 aliphatic carbocycles. The predicted molar refractivity (Wildman–Crippen MR) is 162 cm³/mol. The summed E-state index contributed by atoms with van der Waals surface area (Å²) < 4.78 is 0. The number of nitrogens with two attached hydrogens (primary N) is 2. The second kappa shape index (κ2) is 14.5. The fourth-order valence-corrected chi connectivity index (χ4v) is 5.18. The summed E-state index contributed by atoms with van der Waals surface area (Å²) in [4.78, 5) is 20.3. The SMILES string of the molecule is Cc1nc(CC(C)C)c(CN)c(-c2ccc(CN)cc2)c1NC(=O)N1CCC(c2ccccc2)CC1.Cl.Cl. The summed E-state index contributed by atoms with van der Waals surface area (Å²) in [6.07, 6.45) is 2.76. The number of nitrogens with one attached hydrogen (secondary N) is 1. The van der Waals surface area contributed by atoms with E-state index in [1.807, 2.05) is 30.0 Å². The molecule has 1 aliphatic heterocycles. The zero-order valence-corrected chi connectivity index (χ0v) is 24.2. The summed E-state index contributed by atoms with van der Waals surface area (Å²) in [5.41, 5.74) is 20.1. The van der Waals surface area contributed by atoms with Crippen molar-refractivity contribution in [2.45, 2.75) is 59.0 Å². The number of halogens is 2. The highest BCUT2D eigenvalue weighted by Gasteiger charge is 2.26. The van der Waals surface area contributed by atoms with E-state index in [0.717, 1.165) is 71.7 Å². The molecule has 206 valence electrons. The third-order valence-corrected chi connectivity index (χ3v) is 7.13. The molecule has 1 saturated heterocycles. The highest BCUT2D eigenvalue weighted by atomic mass is 35.5. The van der Waals surface area contributed by atoms with E-state index in [1.54, 1.807) is 0 Å². The number of hydrogen-bond donors (Lipinski definition) is 3. The number of amides is 2. The molecule has 0 atom stereocenters. The number of urea groups is 1. The van der Waals surface area contributed by atoms with Crippen LogP contribution >= 0.6 is 24.8 Å². The number of likely N-dealkylation sites (tertiary alicyclic amines) is 1. The smallest absolute Gasteiger partial charge is 0.321 e. The van der Waals surface area contributed by atoms with E-state index in [1.165, 1.54) is 5.56 Å². The van der Waals surface area contributed by atoms with Crippen molar-refractivity contribution in [3.63, 3.8) is 0 Å². The van der Waals surface area contributed by atoms with E-state index in [9.17, 15) is 4.79 Å². The zero-order valence-electron chi connectivity index (χ0n) is 22.6. The fraction of sp³-hybridized carbons (Fsp3) is 0.400. The molecule has 1 aliphatic rings. The molecule has 0 spiro atoms. The number of benzene rings is 2. The van der Waals surface area contributed by atoms with Crippen molar-refractivity contribution < 1.29 is 4.79 Å². The molecule has 0 unspecified atom stereocenters. The van der Waals surface area contributed by atoms with E-state index >= 15 is 0 Å². The van der Waals surface area contributed by atoms with Gasteiger partial charge in [-0.3, -0.25) is 4.98 Å². The van der Waals surface area contributed by atoms with Crippen LogP contribution in [0.15, 0.2) is 54.6 Å². The number of pyridine rings is 1. The molecule has 1 fully saturated rings. The first kappa shape index (κ1) is 31.6. The van der Waals surface area contributed by atoms with E-state index in [-0.39, 0.29) is 30.8 Å². The van der Waals surface area contributed by atoms with Gasteiger partial charge in [0.1, 0.15) is 0 Å². The first-order valence-corrected chi connectivity index (χ1v) is 13.0. The Morgan fingerprint density at radius 3 is 2.18 bits per heavy atom. The number of carbonyl (C=O) groups is 1. The van der Waals surface area contributed by atoms with Gasteiger partial charge >= 0.3 is 6.03 Å². The summed E-state index contributed by atoms with van der Waals surface area (Å²) in [6.45, 7) is 8.64. The lowest BCUT2D eigenvalue weighted by Crippen LogP contribution is -2.40. The lowest BCUT2D eigenvalue weighted by atomic mass is 9.89. The van der Waals surface area contributed by atoms with Crippen LogP contribution < -0.4 is 16.8 Å². The van der Waals surface area contributed by atoms with Gasteiger partial charge in [-0.15, -0.1) is 24.8 Å². The maximum absolute atomic E-state index is 13.4. The van der Waals surface area contributed by atoms with Crippen LogP contribution in [0.2, 0.25) is 0 Å². The number of aromatic nitrogens is 1. The van der Waals surface area contributed by atoms with Gasteiger partial charge < -0.3 is 21.7 Å². The van der Waals surface area contributed by atoms with Gasteiger partial charge in [0.25, 0.3) is 0 Å². The van der Waals surface area contributed by atoms with Crippen molar-refractivity contribution in [2.24, 2.45) is 17.4 Å². The molecular formula is C30H41Cl2N5O. The van der Waals surface area contributed by atoms with Crippen molar-refractivity contribution >= 4 is 36.5 Å². The van der Waals surface area contributed by atoms with Crippen LogP contribution in [0.3, 0.4) is 0 Å². The van der Waals surface area contributed by atoms with Crippen LogP contribution in [0.1, 0.15) is 60.7 Å². The molecular weight excluding hydrogens is 517 g/mol. The first-order chi connectivity index (χ1) is 17.4. The van der Waals surface area contributed by atoms with Crippen LogP contribution in [0, 0.1) is 12.8 Å². The molecule has 38 heavy (non-hydrogen) atoms. The van der Waals surface area contributed by atoms with Crippen LogP contribution in [0.5, 0.6) is 0 Å². The maximum Gasteiger partial charge on any atom is 0.321 e. The maximum atomic E-state index is 13.4. The number of anilines is 1. The average Bonchev–Trinajstić information content (AvgIpc) is 2.90. The minimum Gasteiger partial charge on any atom is -0.326 e. The molecule has 1 aromatic heterocycles. The molecule has 2 aromatic carbocycles. The van der Waals surface area contributed by atoms with Crippen LogP contribution in [-0.2, 0) is 19.5 Å². The number of carbonyl (C=O) groups excluding carboxylic acids is 1. The predicted octanol–water partition coefficient (Wildman–Crippen LogP) is 6.43. The molecule has 5 N–H and O–H groups in total. The Morgan fingerprint density at radius 1 is 1.00 bits per heavy atom. The average molecular weight is 559 g/mol. The fourth-order valence-electron chi connectivity index (χ4n) is 5.18. The van der Waals surface area contributed by atoms with Crippen LogP contribution in [0.4, 0.5) is 10.5 Å². The molecule has 6 nitrogen and oxygen atoms in total. The minimum absolute atomic E-state index is 0. The molecule has 3 aromatic rings. The molecule has 0 saturated carbocycles. The minimum atomic E-state index is -0.0779. The second-order valence-corrected chi connectivity index (χ2v) is 10.2. The molecule has 8 heteroatoms. The Hall–Kier alpha value is -2.64. The molecule has 0 radical (unpaired) electrons. The topological polar surface area (TPSA) is 97.3 Å². The highest BCUT2D eigenvalue weighted by molar-refractivity contribution is 5.96. The standard InChI is InChI=1S/C30H39N5O.2ClH/c1-20(2)17-27-26(19-32)28(25-11-9-22(18-31)10-12-25)29(21(3)33-27)34-30(36)35-15-13-24(14-16-35)23-7-5-4-6-8-23;;/h4-12,20,24H,13-19,31-32H2,1-3H3,(H,34,36);2*1H. The summed E-state index contributed by atoms with van der Waals surface area (Å²) in [6, 6.07) is 18.7. The summed E-state index contributed by atoms with van der Waals surface area (Å²) in [7, 11) is 0. The monoisotopic (exact) mass is 557 g/mol. The number of aryl methyl sites for hydroxylation is 1.